The zero-order valence-electron chi connectivity index (χ0n) is 11.7. The highest BCUT2D eigenvalue weighted by Crippen LogP contribution is 2.32. The fourth-order valence-corrected chi connectivity index (χ4v) is 2.66. The fourth-order valence-electron chi connectivity index (χ4n) is 2.66. The maximum Gasteiger partial charge on any atom is 0.254 e. The van der Waals surface area contributed by atoms with Gasteiger partial charge < -0.3 is 25.3 Å². The molecule has 0 fully saturated rings. The molecule has 2 aromatic carbocycles. The number of hydrogen-bond acceptors (Lipinski definition) is 5. The SMILES string of the molecule is O=C(c1cc(O)cc(O)c1)N1CCc2cc(O)c(O)cc2C1. The van der Waals surface area contributed by atoms with E-state index in [9.17, 15) is 25.2 Å². The molecule has 6 nitrogen and oxygen atoms in total. The highest BCUT2D eigenvalue weighted by atomic mass is 16.3. The molecular formula is C16H15NO5. The molecule has 114 valence electrons. The van der Waals surface area contributed by atoms with E-state index in [2.05, 4.69) is 0 Å². The highest BCUT2D eigenvalue weighted by molar-refractivity contribution is 5.95. The van der Waals surface area contributed by atoms with Gasteiger partial charge in [-0.05, 0) is 41.8 Å². The number of nitrogens with zero attached hydrogens (tertiary/aromatic N) is 1. The van der Waals surface area contributed by atoms with Gasteiger partial charge in [-0.25, -0.2) is 0 Å². The minimum Gasteiger partial charge on any atom is -0.508 e. The van der Waals surface area contributed by atoms with E-state index in [1.165, 1.54) is 24.3 Å². The predicted octanol–water partition coefficient (Wildman–Crippen LogP) is 1.71. The van der Waals surface area contributed by atoms with Gasteiger partial charge in [0.2, 0.25) is 0 Å². The van der Waals surface area contributed by atoms with Crippen molar-refractivity contribution in [3.63, 3.8) is 0 Å². The Kier molecular flexibility index (Phi) is 3.29. The van der Waals surface area contributed by atoms with Crippen LogP contribution in [-0.4, -0.2) is 37.8 Å². The van der Waals surface area contributed by atoms with E-state index in [-0.39, 0.29) is 34.5 Å². The fraction of sp³-hybridized carbons (Fsp3) is 0.188. The quantitative estimate of drug-likeness (QED) is 0.601. The van der Waals surface area contributed by atoms with E-state index in [0.717, 1.165) is 17.2 Å². The largest absolute Gasteiger partial charge is 0.508 e. The molecule has 1 aliphatic rings. The van der Waals surface area contributed by atoms with Crippen LogP contribution >= 0.6 is 0 Å². The molecule has 0 radical (unpaired) electrons. The average Bonchev–Trinajstić information content (AvgIpc) is 2.46. The number of fused-ring (bicyclic) bond motifs is 1. The van der Waals surface area contributed by atoms with Crippen molar-refractivity contribution in [1.82, 2.24) is 4.90 Å². The standard InChI is InChI=1S/C16H15NO5/c18-12-3-10(4-13(19)7-12)16(22)17-2-1-9-5-14(20)15(21)6-11(9)8-17/h3-7,18-21H,1-2,8H2. The lowest BCUT2D eigenvalue weighted by Gasteiger charge is -2.29. The molecule has 22 heavy (non-hydrogen) atoms. The molecule has 0 atom stereocenters. The number of phenols is 4. The molecule has 6 heteroatoms. The third-order valence-electron chi connectivity index (χ3n) is 3.75. The first-order valence-corrected chi connectivity index (χ1v) is 6.80. The summed E-state index contributed by atoms with van der Waals surface area (Å²) < 4.78 is 0. The van der Waals surface area contributed by atoms with Crippen molar-refractivity contribution in [3.8, 4) is 23.0 Å². The molecule has 0 saturated carbocycles. The minimum atomic E-state index is -0.315. The van der Waals surface area contributed by atoms with Crippen LogP contribution in [0, 0.1) is 0 Å². The summed E-state index contributed by atoms with van der Waals surface area (Å²) in [6.07, 6.45) is 0.555. The molecule has 1 amide bonds. The lowest BCUT2D eigenvalue weighted by atomic mass is 9.98. The van der Waals surface area contributed by atoms with Gasteiger partial charge in [0.15, 0.2) is 11.5 Å². The van der Waals surface area contributed by atoms with Crippen LogP contribution < -0.4 is 0 Å². The first kappa shape index (κ1) is 14.1. The zero-order chi connectivity index (χ0) is 15.9. The van der Waals surface area contributed by atoms with Crippen molar-refractivity contribution in [1.29, 1.82) is 0 Å². The molecule has 4 N–H and O–H groups in total. The second-order valence-corrected chi connectivity index (χ2v) is 5.32. The number of carbonyl (C=O) groups excluding carboxylic acids is 1. The molecule has 1 aliphatic heterocycles. The number of carbonyl (C=O) groups is 1. The summed E-state index contributed by atoms with van der Waals surface area (Å²) in [5.74, 6) is -1.06. The van der Waals surface area contributed by atoms with E-state index in [0.29, 0.717) is 19.5 Å². The normalized spacial score (nSPS) is 13.7. The van der Waals surface area contributed by atoms with Gasteiger partial charge in [0.1, 0.15) is 11.5 Å². The van der Waals surface area contributed by atoms with Crippen molar-refractivity contribution in [2.24, 2.45) is 0 Å². The van der Waals surface area contributed by atoms with Crippen molar-refractivity contribution >= 4 is 5.91 Å². The number of benzene rings is 2. The van der Waals surface area contributed by atoms with Crippen LogP contribution in [0.1, 0.15) is 21.5 Å². The smallest absolute Gasteiger partial charge is 0.254 e. The summed E-state index contributed by atoms with van der Waals surface area (Å²) in [5.41, 5.74) is 1.85. The van der Waals surface area contributed by atoms with E-state index >= 15 is 0 Å². The number of hydrogen-bond donors (Lipinski definition) is 4. The number of amides is 1. The van der Waals surface area contributed by atoms with Crippen molar-refractivity contribution < 1.29 is 25.2 Å². The summed E-state index contributed by atoms with van der Waals surface area (Å²) in [6, 6.07) is 6.71. The number of phenolic OH excluding ortho intramolecular Hbond substituents is 4. The first-order valence-electron chi connectivity index (χ1n) is 6.80. The van der Waals surface area contributed by atoms with E-state index < -0.39 is 0 Å². The van der Waals surface area contributed by atoms with E-state index in [4.69, 9.17) is 0 Å². The molecule has 0 bridgehead atoms. The first-order chi connectivity index (χ1) is 10.4. The van der Waals surface area contributed by atoms with Gasteiger partial charge in [0.25, 0.3) is 5.91 Å². The van der Waals surface area contributed by atoms with Crippen LogP contribution in [0.25, 0.3) is 0 Å². The molecule has 0 spiro atoms. The third-order valence-corrected chi connectivity index (χ3v) is 3.75. The lowest BCUT2D eigenvalue weighted by molar-refractivity contribution is 0.0733. The molecule has 0 aliphatic carbocycles. The molecule has 0 aromatic heterocycles. The Morgan fingerprint density at radius 3 is 2.09 bits per heavy atom. The van der Waals surface area contributed by atoms with Gasteiger partial charge in [-0.1, -0.05) is 0 Å². The van der Waals surface area contributed by atoms with E-state index in [1.807, 2.05) is 0 Å². The Labute approximate surface area is 126 Å². The highest BCUT2D eigenvalue weighted by Gasteiger charge is 2.23. The van der Waals surface area contributed by atoms with Crippen molar-refractivity contribution in [3.05, 3.63) is 47.0 Å². The van der Waals surface area contributed by atoms with Crippen LogP contribution in [0.5, 0.6) is 23.0 Å². The monoisotopic (exact) mass is 301 g/mol. The third kappa shape index (κ3) is 2.50. The van der Waals surface area contributed by atoms with Gasteiger partial charge in [-0.2, -0.15) is 0 Å². The Hall–Kier alpha value is -2.89. The summed E-state index contributed by atoms with van der Waals surface area (Å²) in [7, 11) is 0. The van der Waals surface area contributed by atoms with Crippen LogP contribution in [0.3, 0.4) is 0 Å². The molecule has 3 rings (SSSR count). The van der Waals surface area contributed by atoms with Crippen LogP contribution in [-0.2, 0) is 13.0 Å². The summed E-state index contributed by atoms with van der Waals surface area (Å²) in [5, 5.41) is 38.0. The molecule has 1 heterocycles. The second kappa shape index (κ2) is 5.14. The second-order valence-electron chi connectivity index (χ2n) is 5.32. The molecule has 0 saturated heterocycles. The maximum absolute atomic E-state index is 12.5. The maximum atomic E-state index is 12.5. The Bertz CT molecular complexity index is 736. The molecule has 0 unspecified atom stereocenters. The minimum absolute atomic E-state index is 0.170. The number of aromatic hydroxyl groups is 4. The Morgan fingerprint density at radius 1 is 0.864 bits per heavy atom. The zero-order valence-corrected chi connectivity index (χ0v) is 11.7. The molecule has 2 aromatic rings. The van der Waals surface area contributed by atoms with Gasteiger partial charge in [0.05, 0.1) is 0 Å². The summed E-state index contributed by atoms with van der Waals surface area (Å²) in [6.45, 7) is 0.741. The number of rotatable bonds is 1. The van der Waals surface area contributed by atoms with Crippen LogP contribution in [0.15, 0.2) is 30.3 Å². The average molecular weight is 301 g/mol. The molecular weight excluding hydrogens is 286 g/mol. The van der Waals surface area contributed by atoms with E-state index in [1.54, 1.807) is 4.90 Å². The van der Waals surface area contributed by atoms with Crippen molar-refractivity contribution in [2.45, 2.75) is 13.0 Å². The summed E-state index contributed by atoms with van der Waals surface area (Å²) >= 11 is 0. The Balaban J connectivity index is 1.87. The Morgan fingerprint density at radius 2 is 1.45 bits per heavy atom. The van der Waals surface area contributed by atoms with Crippen LogP contribution in [0.2, 0.25) is 0 Å². The van der Waals surface area contributed by atoms with Crippen molar-refractivity contribution in [2.75, 3.05) is 6.54 Å². The topological polar surface area (TPSA) is 101 Å². The lowest BCUT2D eigenvalue weighted by Crippen LogP contribution is -2.35. The van der Waals surface area contributed by atoms with Gasteiger partial charge in [0, 0.05) is 24.7 Å². The van der Waals surface area contributed by atoms with Gasteiger partial charge in [-0.3, -0.25) is 4.79 Å². The predicted molar refractivity (Wildman–Crippen MR) is 78.0 cm³/mol. The summed E-state index contributed by atoms with van der Waals surface area (Å²) in [4.78, 5) is 14.0. The van der Waals surface area contributed by atoms with Gasteiger partial charge in [-0.15, -0.1) is 0 Å². The van der Waals surface area contributed by atoms with Crippen LogP contribution in [0.4, 0.5) is 0 Å². The van der Waals surface area contributed by atoms with Gasteiger partial charge >= 0.3 is 0 Å².